The molecular formula is C16H14ClNO6. The maximum Gasteiger partial charge on any atom is 0.311 e. The van der Waals surface area contributed by atoms with Gasteiger partial charge in [0.2, 0.25) is 0 Å². The van der Waals surface area contributed by atoms with Crippen LogP contribution in [0.25, 0.3) is 0 Å². The van der Waals surface area contributed by atoms with Crippen LogP contribution in [0.4, 0.5) is 5.69 Å². The van der Waals surface area contributed by atoms with Crippen molar-refractivity contribution < 1.29 is 28.6 Å². The van der Waals surface area contributed by atoms with Gasteiger partial charge in [0.1, 0.15) is 25.4 Å². The van der Waals surface area contributed by atoms with Gasteiger partial charge in [-0.25, -0.2) is 0 Å². The fourth-order valence-corrected chi connectivity index (χ4v) is 2.62. The third kappa shape index (κ3) is 3.16. The van der Waals surface area contributed by atoms with E-state index >= 15 is 0 Å². The van der Waals surface area contributed by atoms with E-state index in [2.05, 4.69) is 5.32 Å². The second-order valence-electron chi connectivity index (χ2n) is 5.22. The normalized spacial score (nSPS) is 12.8. The minimum atomic E-state index is -1.09. The van der Waals surface area contributed by atoms with E-state index in [1.807, 2.05) is 0 Å². The minimum absolute atomic E-state index is 0.0890. The molecule has 0 bridgehead atoms. The number of nitrogens with one attached hydrogen (secondary N) is 1. The number of carbonyl (C=O) groups excluding carboxylic acids is 1. The van der Waals surface area contributed by atoms with Gasteiger partial charge in [-0.1, -0.05) is 11.6 Å². The van der Waals surface area contributed by atoms with Crippen LogP contribution in [0.5, 0.6) is 11.5 Å². The number of benzene rings is 1. The van der Waals surface area contributed by atoms with E-state index in [-0.39, 0.29) is 22.8 Å². The number of ether oxygens (including phenoxy) is 2. The summed E-state index contributed by atoms with van der Waals surface area (Å²) in [6, 6.07) is 3.13. The van der Waals surface area contributed by atoms with E-state index in [1.165, 1.54) is 6.26 Å². The molecule has 0 saturated heterocycles. The molecule has 126 valence electrons. The lowest BCUT2D eigenvalue weighted by molar-refractivity contribution is -0.136. The fourth-order valence-electron chi connectivity index (χ4n) is 2.41. The summed E-state index contributed by atoms with van der Waals surface area (Å²) < 4.78 is 16.0. The molecule has 8 heteroatoms. The Morgan fingerprint density at radius 2 is 1.92 bits per heavy atom. The Hall–Kier alpha value is -2.67. The van der Waals surface area contributed by atoms with Crippen LogP contribution in [0, 0.1) is 6.92 Å². The fraction of sp³-hybridized carbons (Fsp3) is 0.250. The van der Waals surface area contributed by atoms with Crippen molar-refractivity contribution in [2.75, 3.05) is 18.5 Å². The number of furan rings is 1. The van der Waals surface area contributed by atoms with Crippen molar-refractivity contribution in [3.05, 3.63) is 40.3 Å². The van der Waals surface area contributed by atoms with Gasteiger partial charge in [-0.15, -0.1) is 0 Å². The number of carbonyl (C=O) groups is 2. The smallest absolute Gasteiger partial charge is 0.311 e. The first kappa shape index (κ1) is 16.2. The van der Waals surface area contributed by atoms with Crippen LogP contribution in [-0.4, -0.2) is 30.2 Å². The van der Waals surface area contributed by atoms with Crippen LogP contribution in [0.3, 0.4) is 0 Å². The summed E-state index contributed by atoms with van der Waals surface area (Å²) in [6.45, 7) is 2.50. The molecule has 1 aromatic heterocycles. The molecule has 2 aromatic rings. The van der Waals surface area contributed by atoms with Crippen LogP contribution < -0.4 is 14.8 Å². The van der Waals surface area contributed by atoms with Gasteiger partial charge in [-0.2, -0.15) is 0 Å². The lowest BCUT2D eigenvalue weighted by Crippen LogP contribution is -2.18. The van der Waals surface area contributed by atoms with E-state index in [0.29, 0.717) is 36.0 Å². The Bertz CT molecular complexity index is 813. The lowest BCUT2D eigenvalue weighted by Gasteiger charge is -2.20. The first-order chi connectivity index (χ1) is 11.5. The van der Waals surface area contributed by atoms with Crippen LogP contribution in [-0.2, 0) is 11.2 Å². The number of carboxylic acid groups (broad SMARTS) is 1. The summed E-state index contributed by atoms with van der Waals surface area (Å²) in [6.07, 6.45) is 0.962. The molecule has 0 spiro atoms. The molecule has 1 amide bonds. The van der Waals surface area contributed by atoms with Gasteiger partial charge < -0.3 is 24.3 Å². The highest BCUT2D eigenvalue weighted by Gasteiger charge is 2.22. The van der Waals surface area contributed by atoms with Crippen molar-refractivity contribution in [3.8, 4) is 11.5 Å². The topological polar surface area (TPSA) is 98.0 Å². The highest BCUT2D eigenvalue weighted by atomic mass is 35.5. The van der Waals surface area contributed by atoms with Gasteiger partial charge >= 0.3 is 5.97 Å². The number of anilines is 1. The third-order valence-electron chi connectivity index (χ3n) is 3.47. The zero-order valence-corrected chi connectivity index (χ0v) is 13.5. The van der Waals surface area contributed by atoms with E-state index < -0.39 is 11.9 Å². The van der Waals surface area contributed by atoms with Gasteiger partial charge in [-0.3, -0.25) is 9.59 Å². The number of amides is 1. The second kappa shape index (κ2) is 6.45. The molecule has 0 atom stereocenters. The van der Waals surface area contributed by atoms with E-state index in [9.17, 15) is 9.59 Å². The SMILES string of the molecule is Cc1coc(CC(=O)O)c1C(=O)Nc1cc2c(cc1Cl)OCCO2. The molecule has 1 aliphatic heterocycles. The summed E-state index contributed by atoms with van der Waals surface area (Å²) in [5, 5.41) is 11.8. The Kier molecular flexibility index (Phi) is 4.35. The van der Waals surface area contributed by atoms with Crippen molar-refractivity contribution in [1.29, 1.82) is 0 Å². The molecule has 24 heavy (non-hydrogen) atoms. The Morgan fingerprint density at radius 3 is 2.58 bits per heavy atom. The van der Waals surface area contributed by atoms with Crippen LogP contribution in [0.15, 0.2) is 22.8 Å². The standard InChI is InChI=1S/C16H14ClNO6/c1-8-7-24-13(6-14(19)20)15(8)16(21)18-10-5-12-11(4-9(10)17)22-2-3-23-12/h4-5,7H,2-3,6H2,1H3,(H,18,21)(H,19,20). The van der Waals surface area contributed by atoms with Gasteiger partial charge in [0.25, 0.3) is 5.91 Å². The average molecular weight is 352 g/mol. The molecule has 0 fully saturated rings. The number of halogens is 1. The zero-order chi connectivity index (χ0) is 17.3. The van der Waals surface area contributed by atoms with Crippen molar-refractivity contribution in [3.63, 3.8) is 0 Å². The molecule has 2 N–H and O–H groups in total. The number of aryl methyl sites for hydroxylation is 1. The molecule has 0 saturated carbocycles. The van der Waals surface area contributed by atoms with E-state index in [0.717, 1.165) is 0 Å². The van der Waals surface area contributed by atoms with Gasteiger partial charge in [0.15, 0.2) is 11.5 Å². The number of rotatable bonds is 4. The van der Waals surface area contributed by atoms with Crippen molar-refractivity contribution in [1.82, 2.24) is 0 Å². The maximum absolute atomic E-state index is 12.5. The molecule has 0 aliphatic carbocycles. The van der Waals surface area contributed by atoms with Gasteiger partial charge in [0, 0.05) is 17.7 Å². The van der Waals surface area contributed by atoms with Crippen molar-refractivity contribution in [2.45, 2.75) is 13.3 Å². The van der Waals surface area contributed by atoms with Crippen LogP contribution >= 0.6 is 11.6 Å². The zero-order valence-electron chi connectivity index (χ0n) is 12.7. The average Bonchev–Trinajstić information content (AvgIpc) is 2.88. The van der Waals surface area contributed by atoms with Gasteiger partial charge in [-0.05, 0) is 6.92 Å². The van der Waals surface area contributed by atoms with Gasteiger partial charge in [0.05, 0.1) is 22.5 Å². The van der Waals surface area contributed by atoms with Crippen molar-refractivity contribution >= 4 is 29.2 Å². The number of aliphatic carboxylic acids is 1. The quantitative estimate of drug-likeness (QED) is 0.878. The summed E-state index contributed by atoms with van der Waals surface area (Å²) in [5.74, 6) is -0.510. The molecule has 3 rings (SSSR count). The van der Waals surface area contributed by atoms with Crippen LogP contribution in [0.1, 0.15) is 21.7 Å². The third-order valence-corrected chi connectivity index (χ3v) is 3.78. The molecule has 1 aliphatic rings. The molecule has 1 aromatic carbocycles. The monoisotopic (exact) mass is 351 g/mol. The molecular weight excluding hydrogens is 338 g/mol. The van der Waals surface area contributed by atoms with Crippen molar-refractivity contribution in [2.24, 2.45) is 0 Å². The molecule has 2 heterocycles. The Balaban J connectivity index is 1.88. The predicted molar refractivity (Wildman–Crippen MR) is 85.2 cm³/mol. The number of fused-ring (bicyclic) bond motifs is 1. The highest BCUT2D eigenvalue weighted by Crippen LogP contribution is 2.38. The summed E-state index contributed by atoms with van der Waals surface area (Å²) >= 11 is 6.16. The predicted octanol–water partition coefficient (Wildman–Crippen LogP) is 2.89. The maximum atomic E-state index is 12.5. The Morgan fingerprint density at radius 1 is 1.25 bits per heavy atom. The summed E-state index contributed by atoms with van der Waals surface area (Å²) in [7, 11) is 0. The number of carboxylic acids is 1. The molecule has 0 radical (unpaired) electrons. The second-order valence-corrected chi connectivity index (χ2v) is 5.62. The highest BCUT2D eigenvalue weighted by molar-refractivity contribution is 6.34. The molecule has 7 nitrogen and oxygen atoms in total. The lowest BCUT2D eigenvalue weighted by atomic mass is 10.1. The summed E-state index contributed by atoms with van der Waals surface area (Å²) in [4.78, 5) is 23.4. The first-order valence-electron chi connectivity index (χ1n) is 7.15. The van der Waals surface area contributed by atoms with E-state index in [4.69, 9.17) is 30.6 Å². The largest absolute Gasteiger partial charge is 0.486 e. The number of hydrogen-bond acceptors (Lipinski definition) is 5. The Labute approximate surface area is 142 Å². The van der Waals surface area contributed by atoms with E-state index in [1.54, 1.807) is 19.1 Å². The minimum Gasteiger partial charge on any atom is -0.486 e. The van der Waals surface area contributed by atoms with Crippen LogP contribution in [0.2, 0.25) is 5.02 Å². The first-order valence-corrected chi connectivity index (χ1v) is 7.52. The molecule has 0 unspecified atom stereocenters. The number of hydrogen-bond donors (Lipinski definition) is 2. The summed E-state index contributed by atoms with van der Waals surface area (Å²) in [5.41, 5.74) is 1.06.